The standard InChI is InChI=1S/C16H24O8/c1-3-19-15(17)9-5-13-22-8-12-10(16(18)20-4-2)6-14(24-12)21-7-11(9)23-13/h9-14H,3-8H2,1-2H3/t9-,10-,11+,12+,13+,14+/m0/s1. The molecular weight excluding hydrogens is 320 g/mol. The van der Waals surface area contributed by atoms with Gasteiger partial charge in [-0.2, -0.15) is 0 Å². The summed E-state index contributed by atoms with van der Waals surface area (Å²) in [6.45, 7) is 4.56. The zero-order chi connectivity index (χ0) is 17.1. The van der Waals surface area contributed by atoms with Crippen LogP contribution in [0.1, 0.15) is 26.7 Å². The molecule has 0 unspecified atom stereocenters. The van der Waals surface area contributed by atoms with Gasteiger partial charge < -0.3 is 28.4 Å². The van der Waals surface area contributed by atoms with Crippen LogP contribution in [0.25, 0.3) is 0 Å². The predicted octanol–water partition coefficient (Wildman–Crippen LogP) is 0.622. The van der Waals surface area contributed by atoms with E-state index in [1.807, 2.05) is 0 Å². The Labute approximate surface area is 140 Å². The Morgan fingerprint density at radius 2 is 1.25 bits per heavy atom. The topological polar surface area (TPSA) is 89.5 Å². The van der Waals surface area contributed by atoms with Crippen LogP contribution in [-0.2, 0) is 38.0 Å². The molecule has 0 N–H and O–H groups in total. The van der Waals surface area contributed by atoms with Crippen LogP contribution in [0.4, 0.5) is 0 Å². The van der Waals surface area contributed by atoms with E-state index in [1.165, 1.54) is 0 Å². The fraction of sp³-hybridized carbons (Fsp3) is 0.875. The number of carbonyl (C=O) groups excluding carboxylic acids is 2. The summed E-state index contributed by atoms with van der Waals surface area (Å²) >= 11 is 0. The van der Waals surface area contributed by atoms with Crippen molar-refractivity contribution in [3.8, 4) is 0 Å². The van der Waals surface area contributed by atoms with Crippen LogP contribution in [-0.4, -0.2) is 63.2 Å². The number of fused-ring (bicyclic) bond motifs is 4. The molecule has 8 heteroatoms. The zero-order valence-corrected chi connectivity index (χ0v) is 14.0. The van der Waals surface area contributed by atoms with E-state index < -0.39 is 36.6 Å². The maximum absolute atomic E-state index is 12.1. The lowest BCUT2D eigenvalue weighted by Crippen LogP contribution is -2.33. The van der Waals surface area contributed by atoms with E-state index in [9.17, 15) is 9.59 Å². The average molecular weight is 344 g/mol. The molecule has 0 aromatic rings. The predicted molar refractivity (Wildman–Crippen MR) is 78.7 cm³/mol. The number of hydrogen-bond acceptors (Lipinski definition) is 8. The minimum atomic E-state index is -0.531. The summed E-state index contributed by atoms with van der Waals surface area (Å²) in [7, 11) is 0. The Balaban J connectivity index is 1.65. The number of ether oxygens (including phenoxy) is 6. The summed E-state index contributed by atoms with van der Waals surface area (Å²) in [5, 5.41) is 0. The van der Waals surface area contributed by atoms with Crippen molar-refractivity contribution in [3.63, 3.8) is 0 Å². The second kappa shape index (κ2) is 7.77. The van der Waals surface area contributed by atoms with E-state index in [1.54, 1.807) is 13.8 Å². The quantitative estimate of drug-likeness (QED) is 0.686. The minimum Gasteiger partial charge on any atom is -0.466 e. The van der Waals surface area contributed by atoms with Gasteiger partial charge in [-0.1, -0.05) is 0 Å². The Hall–Kier alpha value is -1.22. The minimum absolute atomic E-state index is 0.191. The van der Waals surface area contributed by atoms with Crippen LogP contribution in [0.2, 0.25) is 0 Å². The molecule has 0 saturated carbocycles. The van der Waals surface area contributed by atoms with Gasteiger partial charge in [-0.15, -0.1) is 0 Å². The van der Waals surface area contributed by atoms with Crippen molar-refractivity contribution in [2.24, 2.45) is 11.8 Å². The van der Waals surface area contributed by atoms with Crippen LogP contribution in [0.5, 0.6) is 0 Å². The van der Waals surface area contributed by atoms with Crippen molar-refractivity contribution in [1.82, 2.24) is 0 Å². The Morgan fingerprint density at radius 3 is 1.62 bits per heavy atom. The highest BCUT2D eigenvalue weighted by Crippen LogP contribution is 2.35. The number of esters is 2. The molecule has 3 fully saturated rings. The van der Waals surface area contributed by atoms with E-state index in [4.69, 9.17) is 28.4 Å². The molecular formula is C16H24O8. The van der Waals surface area contributed by atoms with Crippen molar-refractivity contribution >= 4 is 11.9 Å². The Bertz CT molecular complexity index is 425. The molecule has 24 heavy (non-hydrogen) atoms. The first kappa shape index (κ1) is 17.6. The van der Waals surface area contributed by atoms with Gasteiger partial charge in [0.1, 0.15) is 0 Å². The molecule has 4 bridgehead atoms. The normalized spacial score (nSPS) is 38.6. The van der Waals surface area contributed by atoms with Gasteiger partial charge in [0.25, 0.3) is 0 Å². The van der Waals surface area contributed by atoms with Gasteiger partial charge in [0.15, 0.2) is 12.6 Å². The Kier molecular flexibility index (Phi) is 5.70. The number of carbonyl (C=O) groups is 2. The zero-order valence-electron chi connectivity index (χ0n) is 14.0. The average Bonchev–Trinajstić information content (AvgIpc) is 3.14. The fourth-order valence-electron chi connectivity index (χ4n) is 3.33. The highest BCUT2D eigenvalue weighted by atomic mass is 16.7. The molecule has 0 aliphatic carbocycles. The number of rotatable bonds is 4. The van der Waals surface area contributed by atoms with Gasteiger partial charge in [-0.3, -0.25) is 9.59 Å². The van der Waals surface area contributed by atoms with Crippen LogP contribution in [0, 0.1) is 11.8 Å². The van der Waals surface area contributed by atoms with Crippen LogP contribution in [0.3, 0.4) is 0 Å². The maximum Gasteiger partial charge on any atom is 0.311 e. The first-order valence-corrected chi connectivity index (χ1v) is 8.49. The Morgan fingerprint density at radius 1 is 0.833 bits per heavy atom. The molecule has 6 atom stereocenters. The second-order valence-electron chi connectivity index (χ2n) is 6.06. The smallest absolute Gasteiger partial charge is 0.311 e. The van der Waals surface area contributed by atoms with Gasteiger partial charge in [0.2, 0.25) is 0 Å². The summed E-state index contributed by atoms with van der Waals surface area (Å²) in [5.74, 6) is -1.42. The van der Waals surface area contributed by atoms with Gasteiger partial charge in [0.05, 0.1) is 50.5 Å². The summed E-state index contributed by atoms with van der Waals surface area (Å²) < 4.78 is 33.2. The van der Waals surface area contributed by atoms with Gasteiger partial charge in [-0.05, 0) is 13.8 Å². The molecule has 0 amide bonds. The molecule has 8 nitrogen and oxygen atoms in total. The molecule has 3 rings (SSSR count). The van der Waals surface area contributed by atoms with Crippen LogP contribution < -0.4 is 0 Å². The molecule has 0 spiro atoms. The third-order valence-corrected chi connectivity index (χ3v) is 4.51. The van der Waals surface area contributed by atoms with Gasteiger partial charge >= 0.3 is 11.9 Å². The fourth-order valence-corrected chi connectivity index (χ4v) is 3.33. The summed E-state index contributed by atoms with van der Waals surface area (Å²) in [4.78, 5) is 24.1. The highest BCUT2D eigenvalue weighted by molar-refractivity contribution is 5.74. The monoisotopic (exact) mass is 344 g/mol. The molecule has 0 aromatic carbocycles. The van der Waals surface area contributed by atoms with E-state index in [0.717, 1.165) is 0 Å². The first-order valence-electron chi connectivity index (χ1n) is 8.49. The van der Waals surface area contributed by atoms with Crippen molar-refractivity contribution < 1.29 is 38.0 Å². The third-order valence-electron chi connectivity index (χ3n) is 4.51. The largest absolute Gasteiger partial charge is 0.466 e. The van der Waals surface area contributed by atoms with Crippen LogP contribution in [0.15, 0.2) is 0 Å². The van der Waals surface area contributed by atoms with Gasteiger partial charge in [-0.25, -0.2) is 0 Å². The first-order chi connectivity index (χ1) is 11.6. The maximum atomic E-state index is 12.1. The molecule has 136 valence electrons. The molecule has 3 aliphatic rings. The van der Waals surface area contributed by atoms with Crippen molar-refractivity contribution in [2.75, 3.05) is 26.4 Å². The lowest BCUT2D eigenvalue weighted by Gasteiger charge is -2.22. The van der Waals surface area contributed by atoms with Crippen molar-refractivity contribution in [1.29, 1.82) is 0 Å². The van der Waals surface area contributed by atoms with E-state index in [0.29, 0.717) is 26.1 Å². The third kappa shape index (κ3) is 3.72. The van der Waals surface area contributed by atoms with E-state index in [-0.39, 0.29) is 25.2 Å². The van der Waals surface area contributed by atoms with Crippen molar-refractivity contribution in [2.45, 2.75) is 51.5 Å². The molecule has 3 aliphatic heterocycles. The lowest BCUT2D eigenvalue weighted by atomic mass is 10.0. The SMILES string of the molecule is CCOC(=O)[C@H]1C[C@@H]2OC[C@H]3O[C@H](C[C@@H]3C(=O)OCC)OC[C@H]1O2. The molecule has 0 aromatic heterocycles. The van der Waals surface area contributed by atoms with E-state index in [2.05, 4.69) is 0 Å². The summed E-state index contributed by atoms with van der Waals surface area (Å²) in [6.07, 6.45) is -1.11. The molecule has 3 saturated heterocycles. The lowest BCUT2D eigenvalue weighted by molar-refractivity contribution is -0.218. The number of hydrogen-bond donors (Lipinski definition) is 0. The van der Waals surface area contributed by atoms with Crippen molar-refractivity contribution in [3.05, 3.63) is 0 Å². The van der Waals surface area contributed by atoms with E-state index >= 15 is 0 Å². The second-order valence-corrected chi connectivity index (χ2v) is 6.06. The van der Waals surface area contributed by atoms with Gasteiger partial charge in [0, 0.05) is 12.8 Å². The summed E-state index contributed by atoms with van der Waals surface area (Å²) in [6, 6.07) is 0. The highest BCUT2D eigenvalue weighted by Gasteiger charge is 2.47. The summed E-state index contributed by atoms with van der Waals surface area (Å²) in [5.41, 5.74) is 0. The molecule has 3 heterocycles. The molecule has 0 radical (unpaired) electrons. The van der Waals surface area contributed by atoms with Crippen LogP contribution >= 0.6 is 0 Å².